The summed E-state index contributed by atoms with van der Waals surface area (Å²) in [6, 6.07) is 17.3. The van der Waals surface area contributed by atoms with Gasteiger partial charge in [0.05, 0.1) is 0 Å². The summed E-state index contributed by atoms with van der Waals surface area (Å²) < 4.78 is 5.68. The van der Waals surface area contributed by atoms with Crippen LogP contribution in [0.4, 0.5) is 0 Å². The third kappa shape index (κ3) is 6.20. The fraction of sp³-hybridized carbons (Fsp3) is 0.448. The van der Waals surface area contributed by atoms with Crippen LogP contribution in [-0.2, 0) is 16.1 Å². The quantitative estimate of drug-likeness (QED) is 0.534. The molecule has 1 saturated carbocycles. The van der Waals surface area contributed by atoms with Gasteiger partial charge in [-0.15, -0.1) is 0 Å². The Morgan fingerprint density at radius 2 is 1.70 bits per heavy atom. The number of piperazine rings is 1. The lowest BCUT2D eigenvalue weighted by Gasteiger charge is -2.36. The Kier molecular flexibility index (Phi) is 8.17. The first kappa shape index (κ1) is 25.8. The maximum Gasteiger partial charge on any atom is 0.332 e. The fourth-order valence-corrected chi connectivity index (χ4v) is 6.25. The van der Waals surface area contributed by atoms with Crippen molar-refractivity contribution in [3.8, 4) is 0 Å². The number of esters is 1. The summed E-state index contributed by atoms with van der Waals surface area (Å²) in [7, 11) is 2.16. The number of carbonyl (C=O) groups is 2. The minimum atomic E-state index is -0.968. The van der Waals surface area contributed by atoms with Gasteiger partial charge in [-0.2, -0.15) is 0 Å². The number of rotatable bonds is 7. The van der Waals surface area contributed by atoms with Crippen LogP contribution < -0.4 is 10.6 Å². The molecule has 2 N–H and O–H groups in total. The summed E-state index contributed by atoms with van der Waals surface area (Å²) in [5.41, 5.74) is 2.90. The molecule has 0 spiro atoms. The standard InChI is InChI=1S/C29H36N4O3S/c1-32-16-18-33(19-17-32)28-30-25(21-37-28)23-10-12-24(13-11-23)26(34)31-29(14-6-3-7-15-29)27(35)36-20-22-8-4-2-5-9-22/h2,4-5,8-13,21,28,30H,3,6-7,14-20H2,1H3,(H,31,34). The maximum atomic E-state index is 13.3. The van der Waals surface area contributed by atoms with E-state index in [1.54, 1.807) is 11.8 Å². The van der Waals surface area contributed by atoms with Crippen LogP contribution >= 0.6 is 11.8 Å². The maximum absolute atomic E-state index is 13.3. The molecule has 37 heavy (non-hydrogen) atoms. The van der Waals surface area contributed by atoms with Crippen LogP contribution in [0.1, 0.15) is 53.6 Å². The Bertz CT molecular complexity index is 1110. The van der Waals surface area contributed by atoms with Gasteiger partial charge in [0.2, 0.25) is 0 Å². The van der Waals surface area contributed by atoms with Gasteiger partial charge in [0, 0.05) is 37.4 Å². The number of amides is 1. The second-order valence-electron chi connectivity index (χ2n) is 10.2. The highest BCUT2D eigenvalue weighted by atomic mass is 32.2. The smallest absolute Gasteiger partial charge is 0.332 e. The third-order valence-electron chi connectivity index (χ3n) is 7.58. The van der Waals surface area contributed by atoms with E-state index < -0.39 is 5.54 Å². The molecule has 2 aromatic carbocycles. The summed E-state index contributed by atoms with van der Waals surface area (Å²) in [6.45, 7) is 4.48. The van der Waals surface area contributed by atoms with Crippen LogP contribution in [0.25, 0.3) is 5.70 Å². The van der Waals surface area contributed by atoms with Gasteiger partial charge in [-0.05, 0) is 48.6 Å². The highest BCUT2D eigenvalue weighted by molar-refractivity contribution is 8.03. The molecule has 3 aliphatic rings. The molecule has 2 aromatic rings. The number of benzene rings is 2. The molecule has 2 fully saturated rings. The fourth-order valence-electron chi connectivity index (χ4n) is 5.21. The number of carbonyl (C=O) groups excluding carboxylic acids is 2. The van der Waals surface area contributed by atoms with Gasteiger partial charge < -0.3 is 20.3 Å². The third-order valence-corrected chi connectivity index (χ3v) is 8.63. The summed E-state index contributed by atoms with van der Waals surface area (Å²) in [5.74, 6) is -0.573. The Morgan fingerprint density at radius 3 is 2.41 bits per heavy atom. The lowest BCUT2D eigenvalue weighted by molar-refractivity contribution is -0.154. The van der Waals surface area contributed by atoms with Crippen molar-refractivity contribution in [1.82, 2.24) is 20.4 Å². The second-order valence-corrected chi connectivity index (χ2v) is 11.2. The van der Waals surface area contributed by atoms with E-state index in [1.807, 2.05) is 54.6 Å². The second kappa shape index (κ2) is 11.7. The zero-order valence-corrected chi connectivity index (χ0v) is 22.3. The van der Waals surface area contributed by atoms with E-state index in [4.69, 9.17) is 4.74 Å². The molecule has 1 saturated heterocycles. The molecule has 8 heteroatoms. The van der Waals surface area contributed by atoms with Crippen molar-refractivity contribution >= 4 is 29.3 Å². The number of thioether (sulfide) groups is 1. The highest BCUT2D eigenvalue weighted by Gasteiger charge is 2.42. The summed E-state index contributed by atoms with van der Waals surface area (Å²) in [4.78, 5) is 31.3. The van der Waals surface area contributed by atoms with E-state index in [2.05, 4.69) is 32.9 Å². The molecule has 0 radical (unpaired) electrons. The average molecular weight is 521 g/mol. The Hall–Kier alpha value is -2.81. The van der Waals surface area contributed by atoms with Gasteiger partial charge in [0.1, 0.15) is 17.6 Å². The zero-order chi connectivity index (χ0) is 25.7. The topological polar surface area (TPSA) is 73.9 Å². The van der Waals surface area contributed by atoms with Gasteiger partial charge in [0.25, 0.3) is 5.91 Å². The van der Waals surface area contributed by atoms with E-state index >= 15 is 0 Å². The van der Waals surface area contributed by atoms with Crippen molar-refractivity contribution in [3.05, 3.63) is 76.7 Å². The van der Waals surface area contributed by atoms with E-state index in [9.17, 15) is 9.59 Å². The van der Waals surface area contributed by atoms with Gasteiger partial charge in [-0.3, -0.25) is 9.69 Å². The lowest BCUT2D eigenvalue weighted by atomic mass is 9.81. The molecule has 1 unspecified atom stereocenters. The monoisotopic (exact) mass is 520 g/mol. The number of likely N-dealkylation sites (N-methyl/N-ethyl adjacent to an activating group) is 1. The summed E-state index contributed by atoms with van der Waals surface area (Å²) >= 11 is 1.80. The van der Waals surface area contributed by atoms with Crippen LogP contribution in [0, 0.1) is 0 Å². The van der Waals surface area contributed by atoms with E-state index in [0.29, 0.717) is 18.4 Å². The molecule has 1 atom stereocenters. The molecular formula is C29H36N4O3S. The molecule has 0 bridgehead atoms. The largest absolute Gasteiger partial charge is 0.459 e. The van der Waals surface area contributed by atoms with Crippen molar-refractivity contribution in [1.29, 1.82) is 0 Å². The molecule has 2 aliphatic heterocycles. The Morgan fingerprint density at radius 1 is 1.00 bits per heavy atom. The molecule has 0 aromatic heterocycles. The first-order valence-corrected chi connectivity index (χ1v) is 14.2. The van der Waals surface area contributed by atoms with Crippen LogP contribution in [-0.4, -0.2) is 65.9 Å². The molecule has 5 rings (SSSR count). The SMILES string of the molecule is CN1CCN(C2NC(c3ccc(C(=O)NC4(C(=O)OCc5ccccc5)CCCCC4)cc3)=CS2)CC1. The molecule has 2 heterocycles. The predicted octanol–water partition coefficient (Wildman–Crippen LogP) is 4.03. The van der Waals surface area contributed by atoms with Crippen molar-refractivity contribution in [3.63, 3.8) is 0 Å². The van der Waals surface area contributed by atoms with Crippen LogP contribution in [0.5, 0.6) is 0 Å². The zero-order valence-electron chi connectivity index (χ0n) is 21.4. The normalized spacial score (nSPS) is 22.1. The van der Waals surface area contributed by atoms with Gasteiger partial charge in [-0.25, -0.2) is 4.79 Å². The van der Waals surface area contributed by atoms with E-state index in [-0.39, 0.29) is 24.0 Å². The van der Waals surface area contributed by atoms with Crippen LogP contribution in [0.2, 0.25) is 0 Å². The van der Waals surface area contributed by atoms with Crippen molar-refractivity contribution in [2.45, 2.75) is 49.7 Å². The first-order chi connectivity index (χ1) is 18.0. The van der Waals surface area contributed by atoms with Gasteiger partial charge in [0.15, 0.2) is 0 Å². The molecule has 7 nitrogen and oxygen atoms in total. The van der Waals surface area contributed by atoms with Crippen LogP contribution in [0.15, 0.2) is 60.0 Å². The summed E-state index contributed by atoms with van der Waals surface area (Å²) in [6.07, 6.45) is 4.06. The first-order valence-electron chi connectivity index (χ1n) is 13.2. The highest BCUT2D eigenvalue weighted by Crippen LogP contribution is 2.32. The van der Waals surface area contributed by atoms with Crippen molar-refractivity contribution < 1.29 is 14.3 Å². The molecule has 1 amide bonds. The number of hydrogen-bond acceptors (Lipinski definition) is 7. The van der Waals surface area contributed by atoms with Gasteiger partial charge in [-0.1, -0.05) is 73.5 Å². The molecule has 196 valence electrons. The minimum Gasteiger partial charge on any atom is -0.459 e. The molecular weight excluding hydrogens is 484 g/mol. The number of ether oxygens (including phenoxy) is 1. The number of nitrogens with zero attached hydrogens (tertiary/aromatic N) is 2. The Balaban J connectivity index is 1.20. The summed E-state index contributed by atoms with van der Waals surface area (Å²) in [5, 5.41) is 8.86. The minimum absolute atomic E-state index is 0.210. The Labute approximate surface area is 223 Å². The van der Waals surface area contributed by atoms with Gasteiger partial charge >= 0.3 is 5.97 Å². The lowest BCUT2D eigenvalue weighted by Crippen LogP contribution is -2.56. The van der Waals surface area contributed by atoms with Crippen molar-refractivity contribution in [2.75, 3.05) is 33.2 Å². The predicted molar refractivity (Wildman–Crippen MR) is 148 cm³/mol. The van der Waals surface area contributed by atoms with Crippen molar-refractivity contribution in [2.24, 2.45) is 0 Å². The van der Waals surface area contributed by atoms with E-state index in [0.717, 1.165) is 62.3 Å². The average Bonchev–Trinajstić information content (AvgIpc) is 3.44. The number of nitrogens with one attached hydrogen (secondary N) is 2. The van der Waals surface area contributed by atoms with Crippen LogP contribution in [0.3, 0.4) is 0 Å². The molecule has 1 aliphatic carbocycles. The van der Waals surface area contributed by atoms with E-state index in [1.165, 1.54) is 0 Å². The number of hydrogen-bond donors (Lipinski definition) is 2.